The summed E-state index contributed by atoms with van der Waals surface area (Å²) in [4.78, 5) is 0. The van der Waals surface area contributed by atoms with Crippen LogP contribution in [0.15, 0.2) is 133 Å². The minimum absolute atomic E-state index is 0.144. The SMILES string of the molecule is CO[C@@H](Cc1ccccc1)[C@@H](C)/C=C(\C)C[P+](c1ccccc1)(c1ccccc1)c1ccccc1. The quantitative estimate of drug-likeness (QED) is 0.179. The molecule has 35 heavy (non-hydrogen) atoms. The maximum absolute atomic E-state index is 5.97. The van der Waals surface area contributed by atoms with Gasteiger partial charge < -0.3 is 4.74 Å². The summed E-state index contributed by atoms with van der Waals surface area (Å²) in [7, 11) is -0.0441. The number of allylic oxidation sites excluding steroid dienone is 1. The molecule has 2 heteroatoms. The zero-order valence-electron chi connectivity index (χ0n) is 21.0. The predicted molar refractivity (Wildman–Crippen MR) is 154 cm³/mol. The number of ether oxygens (including phenoxy) is 1. The van der Waals surface area contributed by atoms with Crippen molar-refractivity contribution in [2.75, 3.05) is 13.3 Å². The van der Waals surface area contributed by atoms with Gasteiger partial charge in [0.2, 0.25) is 0 Å². The molecule has 4 aromatic carbocycles. The Morgan fingerprint density at radius 1 is 0.686 bits per heavy atom. The van der Waals surface area contributed by atoms with E-state index in [1.165, 1.54) is 27.1 Å². The average Bonchev–Trinajstić information content (AvgIpc) is 2.92. The minimum Gasteiger partial charge on any atom is -0.381 e. The van der Waals surface area contributed by atoms with Crippen LogP contribution in [0.5, 0.6) is 0 Å². The van der Waals surface area contributed by atoms with Crippen molar-refractivity contribution in [1.29, 1.82) is 0 Å². The third kappa shape index (κ3) is 5.99. The maximum Gasteiger partial charge on any atom is 0.116 e. The van der Waals surface area contributed by atoms with Crippen LogP contribution in [0.4, 0.5) is 0 Å². The second kappa shape index (κ2) is 12.1. The number of rotatable bonds is 10. The number of hydrogen-bond acceptors (Lipinski definition) is 1. The Morgan fingerprint density at radius 2 is 1.09 bits per heavy atom. The molecule has 0 fully saturated rings. The van der Waals surface area contributed by atoms with Crippen LogP contribution in [-0.2, 0) is 11.2 Å². The van der Waals surface area contributed by atoms with Gasteiger partial charge >= 0.3 is 0 Å². The van der Waals surface area contributed by atoms with Gasteiger partial charge in [-0.2, -0.15) is 0 Å². The minimum atomic E-state index is -1.88. The fourth-order valence-corrected chi connectivity index (χ4v) is 9.42. The van der Waals surface area contributed by atoms with Gasteiger partial charge in [-0.1, -0.05) is 97.9 Å². The lowest BCUT2D eigenvalue weighted by Crippen LogP contribution is -2.34. The summed E-state index contributed by atoms with van der Waals surface area (Å²) >= 11 is 0. The maximum atomic E-state index is 5.97. The first-order valence-corrected chi connectivity index (χ1v) is 14.4. The Bertz CT molecular complexity index is 1090. The topological polar surface area (TPSA) is 9.23 Å². The van der Waals surface area contributed by atoms with Crippen molar-refractivity contribution in [3.05, 3.63) is 139 Å². The second-order valence-corrected chi connectivity index (χ2v) is 12.8. The van der Waals surface area contributed by atoms with E-state index in [1.54, 1.807) is 0 Å². The molecule has 1 nitrogen and oxygen atoms in total. The highest BCUT2D eigenvalue weighted by molar-refractivity contribution is 7.95. The zero-order chi connectivity index (χ0) is 24.5. The van der Waals surface area contributed by atoms with Gasteiger partial charge in [0.05, 0.1) is 12.3 Å². The van der Waals surface area contributed by atoms with Crippen molar-refractivity contribution in [3.8, 4) is 0 Å². The molecule has 0 heterocycles. The van der Waals surface area contributed by atoms with Crippen molar-refractivity contribution in [2.45, 2.75) is 26.4 Å². The van der Waals surface area contributed by atoms with Crippen molar-refractivity contribution in [1.82, 2.24) is 0 Å². The Labute approximate surface area is 211 Å². The monoisotopic (exact) mass is 479 g/mol. The molecule has 4 rings (SSSR count). The highest BCUT2D eigenvalue weighted by atomic mass is 31.2. The van der Waals surface area contributed by atoms with Gasteiger partial charge in [0.25, 0.3) is 0 Å². The van der Waals surface area contributed by atoms with E-state index >= 15 is 0 Å². The van der Waals surface area contributed by atoms with Crippen molar-refractivity contribution >= 4 is 23.2 Å². The van der Waals surface area contributed by atoms with E-state index < -0.39 is 7.26 Å². The molecule has 0 bridgehead atoms. The first-order valence-electron chi connectivity index (χ1n) is 12.4. The first kappa shape index (κ1) is 25.1. The molecule has 0 aliphatic carbocycles. The van der Waals surface area contributed by atoms with Gasteiger partial charge in [-0.25, -0.2) is 0 Å². The van der Waals surface area contributed by atoms with Crippen LogP contribution in [0, 0.1) is 5.92 Å². The van der Waals surface area contributed by atoms with E-state index in [9.17, 15) is 0 Å². The Hall–Kier alpha value is -2.99. The number of benzene rings is 4. The summed E-state index contributed by atoms with van der Waals surface area (Å²) in [6.07, 6.45) is 4.52. The Morgan fingerprint density at radius 3 is 1.49 bits per heavy atom. The van der Waals surface area contributed by atoms with E-state index in [0.29, 0.717) is 5.92 Å². The predicted octanol–water partition coefficient (Wildman–Crippen LogP) is 6.82. The Balaban J connectivity index is 1.73. The lowest BCUT2D eigenvalue weighted by Gasteiger charge is -2.29. The van der Waals surface area contributed by atoms with Gasteiger partial charge in [0.15, 0.2) is 0 Å². The molecule has 2 atom stereocenters. The number of hydrogen-bond donors (Lipinski definition) is 0. The van der Waals surface area contributed by atoms with Gasteiger partial charge in [0, 0.05) is 13.0 Å². The summed E-state index contributed by atoms with van der Waals surface area (Å²) in [5, 5.41) is 4.26. The zero-order valence-corrected chi connectivity index (χ0v) is 21.9. The fourth-order valence-electron chi connectivity index (χ4n) is 5.08. The van der Waals surface area contributed by atoms with Crippen molar-refractivity contribution < 1.29 is 4.74 Å². The summed E-state index contributed by atoms with van der Waals surface area (Å²) in [5.74, 6) is 0.310. The summed E-state index contributed by atoms with van der Waals surface area (Å²) in [6, 6.07) is 44.0. The van der Waals surface area contributed by atoms with E-state index in [0.717, 1.165) is 12.6 Å². The lowest BCUT2D eigenvalue weighted by molar-refractivity contribution is 0.0744. The normalized spacial score (nSPS) is 13.9. The second-order valence-electron chi connectivity index (χ2n) is 9.31. The molecule has 0 radical (unpaired) electrons. The van der Waals surface area contributed by atoms with E-state index in [-0.39, 0.29) is 6.10 Å². The van der Waals surface area contributed by atoms with Gasteiger partial charge in [-0.3, -0.25) is 0 Å². The van der Waals surface area contributed by atoms with Crippen molar-refractivity contribution in [2.24, 2.45) is 5.92 Å². The van der Waals surface area contributed by atoms with Crippen LogP contribution < -0.4 is 15.9 Å². The highest BCUT2D eigenvalue weighted by Crippen LogP contribution is 2.56. The Kier molecular flexibility index (Phi) is 8.69. The van der Waals surface area contributed by atoms with Crippen LogP contribution in [-0.4, -0.2) is 19.4 Å². The van der Waals surface area contributed by atoms with Gasteiger partial charge in [0.1, 0.15) is 23.2 Å². The third-order valence-corrected chi connectivity index (χ3v) is 11.3. The molecule has 0 amide bonds. The molecule has 0 aliphatic rings. The molecule has 178 valence electrons. The highest BCUT2D eigenvalue weighted by Gasteiger charge is 2.45. The molecular weight excluding hydrogens is 443 g/mol. The smallest absolute Gasteiger partial charge is 0.116 e. The van der Waals surface area contributed by atoms with E-state index in [2.05, 4.69) is 141 Å². The van der Waals surface area contributed by atoms with Crippen LogP contribution in [0.1, 0.15) is 19.4 Å². The van der Waals surface area contributed by atoms with Crippen LogP contribution in [0.2, 0.25) is 0 Å². The largest absolute Gasteiger partial charge is 0.381 e. The molecule has 0 spiro atoms. The third-order valence-electron chi connectivity index (χ3n) is 6.79. The summed E-state index contributed by atoms with van der Waals surface area (Å²) in [5.41, 5.74) is 2.73. The molecule has 0 saturated carbocycles. The van der Waals surface area contributed by atoms with Gasteiger partial charge in [-0.15, -0.1) is 0 Å². The van der Waals surface area contributed by atoms with Crippen LogP contribution >= 0.6 is 7.26 Å². The lowest BCUT2D eigenvalue weighted by atomic mass is 9.96. The number of methoxy groups -OCH3 is 1. The van der Waals surface area contributed by atoms with Crippen LogP contribution in [0.25, 0.3) is 0 Å². The molecule has 0 saturated heterocycles. The molecular formula is C33H36OP+. The van der Waals surface area contributed by atoms with E-state index in [4.69, 9.17) is 4.74 Å². The summed E-state index contributed by atoms with van der Waals surface area (Å²) < 4.78 is 5.97. The fraction of sp³-hybridized carbons (Fsp3) is 0.212. The van der Waals surface area contributed by atoms with Crippen LogP contribution in [0.3, 0.4) is 0 Å². The van der Waals surface area contributed by atoms with E-state index in [1.807, 2.05) is 7.11 Å². The molecule has 0 aromatic heterocycles. The standard InChI is InChI=1S/C33H36OP/c1-27(24-28(2)33(34-3)25-29-16-8-4-9-17-29)26-35(30-18-10-5-11-19-30,31-20-12-6-13-21-31)32-22-14-7-15-23-32/h4-24,28,33H,25-26H2,1-3H3/q+1/b27-24+/t28-,33-/m0/s1. The molecule has 0 aliphatic heterocycles. The average molecular weight is 480 g/mol. The summed E-state index contributed by atoms with van der Waals surface area (Å²) in [6.45, 7) is 4.59. The molecule has 4 aromatic rings. The molecule has 0 N–H and O–H groups in total. The van der Waals surface area contributed by atoms with Crippen molar-refractivity contribution in [3.63, 3.8) is 0 Å². The molecule has 0 unspecified atom stereocenters. The van der Waals surface area contributed by atoms with Gasteiger partial charge in [-0.05, 0) is 60.9 Å². The first-order chi connectivity index (χ1) is 17.1.